The number of aromatic nitrogens is 2. The van der Waals surface area contributed by atoms with Gasteiger partial charge in [-0.3, -0.25) is 9.48 Å². The summed E-state index contributed by atoms with van der Waals surface area (Å²) >= 11 is 0. The molecule has 0 bridgehead atoms. The molecule has 0 spiro atoms. The van der Waals surface area contributed by atoms with Crippen LogP contribution >= 0.6 is 0 Å². The van der Waals surface area contributed by atoms with Gasteiger partial charge in [0.15, 0.2) is 0 Å². The maximum atomic E-state index is 12.4. The summed E-state index contributed by atoms with van der Waals surface area (Å²) in [5.41, 5.74) is 0.844. The molecule has 1 saturated carbocycles. The van der Waals surface area contributed by atoms with E-state index < -0.39 is 18.1 Å². The minimum Gasteiger partial charge on any atom is -0.340 e. The third kappa shape index (κ3) is 2.96. The van der Waals surface area contributed by atoms with Gasteiger partial charge in [-0.05, 0) is 26.7 Å². The molecule has 1 aliphatic rings. The van der Waals surface area contributed by atoms with Crippen molar-refractivity contribution in [2.45, 2.75) is 57.8 Å². The summed E-state index contributed by atoms with van der Waals surface area (Å²) in [7, 11) is 0. The quantitative estimate of drug-likeness (QED) is 0.930. The maximum Gasteiger partial charge on any atom is 0.408 e. The molecule has 1 atom stereocenters. The van der Waals surface area contributed by atoms with Crippen LogP contribution in [-0.4, -0.2) is 27.9 Å². The summed E-state index contributed by atoms with van der Waals surface area (Å²) in [5.74, 6) is -0.725. The van der Waals surface area contributed by atoms with E-state index in [4.69, 9.17) is 0 Å². The van der Waals surface area contributed by atoms with Gasteiger partial charge in [0, 0.05) is 5.69 Å². The summed E-state index contributed by atoms with van der Waals surface area (Å²) < 4.78 is 39.1. The first-order chi connectivity index (χ1) is 9.30. The van der Waals surface area contributed by atoms with E-state index in [9.17, 15) is 18.0 Å². The fourth-order valence-electron chi connectivity index (χ4n) is 2.52. The Hall–Kier alpha value is -1.53. The van der Waals surface area contributed by atoms with E-state index in [2.05, 4.69) is 5.10 Å². The first kappa shape index (κ1) is 14.9. The van der Waals surface area contributed by atoms with Crippen molar-refractivity contribution >= 4 is 5.91 Å². The summed E-state index contributed by atoms with van der Waals surface area (Å²) in [4.78, 5) is 11.9. The lowest BCUT2D eigenvalue weighted by molar-refractivity contribution is -0.149. The van der Waals surface area contributed by atoms with Crippen molar-refractivity contribution < 1.29 is 18.0 Å². The molecule has 0 radical (unpaired) electrons. The van der Waals surface area contributed by atoms with E-state index >= 15 is 0 Å². The van der Waals surface area contributed by atoms with Gasteiger partial charge in [-0.1, -0.05) is 12.8 Å². The largest absolute Gasteiger partial charge is 0.408 e. The van der Waals surface area contributed by atoms with Gasteiger partial charge >= 0.3 is 6.18 Å². The maximum absolute atomic E-state index is 12.4. The second-order valence-corrected chi connectivity index (χ2v) is 5.26. The van der Waals surface area contributed by atoms with Crippen molar-refractivity contribution in [1.82, 2.24) is 15.1 Å². The standard InChI is InChI=1S/C13H18F3N3O/c1-8-11(12(20)18-9(2)13(14,15)16)7-17-19(8)10-5-3-4-6-10/h7,9-10H,3-6H2,1-2H3,(H,18,20)/t9-/m0/s1. The number of carbonyl (C=O) groups excluding carboxylic acids is 1. The zero-order valence-electron chi connectivity index (χ0n) is 11.5. The van der Waals surface area contributed by atoms with Crippen LogP contribution in [0.1, 0.15) is 54.7 Å². The average Bonchev–Trinajstić information content (AvgIpc) is 2.96. The Morgan fingerprint density at radius 1 is 1.45 bits per heavy atom. The number of alkyl halides is 3. The van der Waals surface area contributed by atoms with Crippen LogP contribution in [0.15, 0.2) is 6.20 Å². The molecule has 1 aromatic rings. The molecule has 20 heavy (non-hydrogen) atoms. The van der Waals surface area contributed by atoms with Crippen LogP contribution < -0.4 is 5.32 Å². The highest BCUT2D eigenvalue weighted by Crippen LogP contribution is 2.30. The predicted molar refractivity (Wildman–Crippen MR) is 67.5 cm³/mol. The van der Waals surface area contributed by atoms with Gasteiger partial charge in [-0.15, -0.1) is 0 Å². The molecule has 0 unspecified atom stereocenters. The number of halogens is 3. The topological polar surface area (TPSA) is 46.9 Å². The Bertz CT molecular complexity index is 490. The SMILES string of the molecule is Cc1c(C(=O)N[C@@H](C)C(F)(F)F)cnn1C1CCCC1. The molecule has 0 saturated heterocycles. The molecule has 1 aliphatic carbocycles. The van der Waals surface area contributed by atoms with E-state index in [-0.39, 0.29) is 11.6 Å². The van der Waals surface area contributed by atoms with Gasteiger partial charge in [0.2, 0.25) is 0 Å². The van der Waals surface area contributed by atoms with Gasteiger partial charge in [-0.25, -0.2) is 0 Å². The summed E-state index contributed by atoms with van der Waals surface area (Å²) in [5, 5.41) is 6.13. The average molecular weight is 289 g/mol. The molecule has 0 aromatic carbocycles. The molecule has 1 amide bonds. The number of hydrogen-bond acceptors (Lipinski definition) is 2. The molecule has 1 aromatic heterocycles. The Labute approximate surface area is 115 Å². The Morgan fingerprint density at radius 3 is 2.60 bits per heavy atom. The molecule has 7 heteroatoms. The van der Waals surface area contributed by atoms with Crippen LogP contribution in [0.25, 0.3) is 0 Å². The number of amides is 1. The highest BCUT2D eigenvalue weighted by atomic mass is 19.4. The zero-order valence-corrected chi connectivity index (χ0v) is 11.5. The van der Waals surface area contributed by atoms with E-state index in [1.165, 1.54) is 6.20 Å². The van der Waals surface area contributed by atoms with Crippen LogP contribution in [0, 0.1) is 6.92 Å². The lowest BCUT2D eigenvalue weighted by Crippen LogP contribution is -2.43. The predicted octanol–water partition coefficient (Wildman–Crippen LogP) is 2.99. The van der Waals surface area contributed by atoms with Crippen molar-refractivity contribution in [2.75, 3.05) is 0 Å². The number of hydrogen-bond donors (Lipinski definition) is 1. The lowest BCUT2D eigenvalue weighted by Gasteiger charge is -2.17. The Morgan fingerprint density at radius 2 is 2.05 bits per heavy atom. The van der Waals surface area contributed by atoms with Crippen molar-refractivity contribution in [3.63, 3.8) is 0 Å². The minimum atomic E-state index is -4.44. The van der Waals surface area contributed by atoms with Crippen molar-refractivity contribution in [3.8, 4) is 0 Å². The van der Waals surface area contributed by atoms with E-state index in [1.54, 1.807) is 11.6 Å². The van der Waals surface area contributed by atoms with Crippen LogP contribution in [0.2, 0.25) is 0 Å². The Kier molecular flexibility index (Phi) is 4.06. The number of carbonyl (C=O) groups is 1. The van der Waals surface area contributed by atoms with Crippen molar-refractivity contribution in [1.29, 1.82) is 0 Å². The van der Waals surface area contributed by atoms with E-state index in [0.29, 0.717) is 5.69 Å². The molecular weight excluding hydrogens is 271 g/mol. The van der Waals surface area contributed by atoms with E-state index in [0.717, 1.165) is 32.6 Å². The highest BCUT2D eigenvalue weighted by Gasteiger charge is 2.37. The van der Waals surface area contributed by atoms with Crippen LogP contribution in [0.3, 0.4) is 0 Å². The number of rotatable bonds is 3. The fourth-order valence-corrected chi connectivity index (χ4v) is 2.52. The Balaban J connectivity index is 2.11. The molecule has 1 heterocycles. The number of nitrogens with zero attached hydrogens (tertiary/aromatic N) is 2. The third-order valence-electron chi connectivity index (χ3n) is 3.80. The molecule has 1 fully saturated rings. The normalized spacial score (nSPS) is 18.2. The molecule has 4 nitrogen and oxygen atoms in total. The zero-order chi connectivity index (χ0) is 14.9. The minimum absolute atomic E-state index is 0.216. The lowest BCUT2D eigenvalue weighted by atomic mass is 10.2. The molecule has 1 N–H and O–H groups in total. The van der Waals surface area contributed by atoms with Crippen LogP contribution in [0.5, 0.6) is 0 Å². The molecule has 2 rings (SSSR count). The molecule has 112 valence electrons. The molecule has 0 aliphatic heterocycles. The van der Waals surface area contributed by atoms with Gasteiger partial charge in [0.25, 0.3) is 5.91 Å². The summed E-state index contributed by atoms with van der Waals surface area (Å²) in [6, 6.07) is -1.61. The summed E-state index contributed by atoms with van der Waals surface area (Å²) in [6.07, 6.45) is 1.16. The monoisotopic (exact) mass is 289 g/mol. The smallest absolute Gasteiger partial charge is 0.340 e. The van der Waals surface area contributed by atoms with Crippen LogP contribution in [-0.2, 0) is 0 Å². The first-order valence-electron chi connectivity index (χ1n) is 6.72. The summed E-state index contributed by atoms with van der Waals surface area (Å²) in [6.45, 7) is 2.65. The number of nitrogens with one attached hydrogen (secondary N) is 1. The first-order valence-corrected chi connectivity index (χ1v) is 6.72. The van der Waals surface area contributed by atoms with Crippen molar-refractivity contribution in [3.05, 3.63) is 17.5 Å². The van der Waals surface area contributed by atoms with E-state index in [1.807, 2.05) is 5.32 Å². The molecular formula is C13H18F3N3O. The highest BCUT2D eigenvalue weighted by molar-refractivity contribution is 5.95. The van der Waals surface area contributed by atoms with Gasteiger partial charge < -0.3 is 5.32 Å². The third-order valence-corrected chi connectivity index (χ3v) is 3.80. The van der Waals surface area contributed by atoms with Gasteiger partial charge in [0.05, 0.1) is 17.8 Å². The second-order valence-electron chi connectivity index (χ2n) is 5.26. The second kappa shape index (κ2) is 5.46. The van der Waals surface area contributed by atoms with Gasteiger partial charge in [0.1, 0.15) is 6.04 Å². The van der Waals surface area contributed by atoms with Gasteiger partial charge in [-0.2, -0.15) is 18.3 Å². The van der Waals surface area contributed by atoms with Crippen LogP contribution in [0.4, 0.5) is 13.2 Å². The van der Waals surface area contributed by atoms with Crippen molar-refractivity contribution in [2.24, 2.45) is 0 Å². The fraction of sp³-hybridized carbons (Fsp3) is 0.692.